The highest BCUT2D eigenvalue weighted by molar-refractivity contribution is 7.88. The zero-order valence-corrected chi connectivity index (χ0v) is 15.9. The van der Waals surface area contributed by atoms with Crippen LogP contribution in [0.5, 0.6) is 0 Å². The summed E-state index contributed by atoms with van der Waals surface area (Å²) >= 11 is 0. The second kappa shape index (κ2) is 7.67. The van der Waals surface area contributed by atoms with Crippen LogP contribution in [-0.4, -0.2) is 76.1 Å². The number of amides is 1. The molecule has 2 fully saturated rings. The molecule has 2 saturated heterocycles. The van der Waals surface area contributed by atoms with Gasteiger partial charge in [0.05, 0.1) is 12.5 Å². The van der Waals surface area contributed by atoms with Gasteiger partial charge < -0.3 is 5.32 Å². The van der Waals surface area contributed by atoms with Gasteiger partial charge in [-0.1, -0.05) is 6.42 Å². The molecule has 0 aromatic heterocycles. The number of hydrogen-bond acceptors (Lipinski definition) is 5. The van der Waals surface area contributed by atoms with Gasteiger partial charge in [0.1, 0.15) is 6.04 Å². The zero-order valence-electron chi connectivity index (χ0n) is 14.3. The summed E-state index contributed by atoms with van der Waals surface area (Å²) in [5, 5.41) is 2.86. The lowest BCUT2D eigenvalue weighted by Crippen LogP contribution is -2.52. The van der Waals surface area contributed by atoms with Crippen LogP contribution in [0.3, 0.4) is 0 Å². The van der Waals surface area contributed by atoms with Crippen molar-refractivity contribution < 1.29 is 21.6 Å². The van der Waals surface area contributed by atoms with E-state index in [1.54, 1.807) is 0 Å². The fourth-order valence-corrected chi connectivity index (χ4v) is 5.37. The maximum absolute atomic E-state index is 12.4. The summed E-state index contributed by atoms with van der Waals surface area (Å²) in [6.07, 6.45) is 5.92. The summed E-state index contributed by atoms with van der Waals surface area (Å²) < 4.78 is 49.4. The van der Waals surface area contributed by atoms with Crippen molar-refractivity contribution in [1.29, 1.82) is 0 Å². The minimum Gasteiger partial charge on any atom is -0.354 e. The van der Waals surface area contributed by atoms with Gasteiger partial charge in [-0.3, -0.25) is 4.79 Å². The van der Waals surface area contributed by atoms with Crippen molar-refractivity contribution in [3.05, 3.63) is 0 Å². The summed E-state index contributed by atoms with van der Waals surface area (Å²) in [5.74, 6) is -0.0205. The second-order valence-corrected chi connectivity index (χ2v) is 10.7. The number of hydrogen-bond donors (Lipinski definition) is 1. The smallest absolute Gasteiger partial charge is 0.238 e. The Hall–Kier alpha value is -0.710. The first-order chi connectivity index (χ1) is 11.1. The molecule has 0 aromatic rings. The van der Waals surface area contributed by atoms with Gasteiger partial charge >= 0.3 is 0 Å². The molecule has 0 saturated carbocycles. The van der Waals surface area contributed by atoms with E-state index in [9.17, 15) is 21.6 Å². The van der Waals surface area contributed by atoms with Gasteiger partial charge in [0, 0.05) is 26.2 Å². The lowest BCUT2D eigenvalue weighted by molar-refractivity contribution is -0.125. The van der Waals surface area contributed by atoms with Crippen LogP contribution in [0, 0.1) is 5.92 Å². The summed E-state index contributed by atoms with van der Waals surface area (Å²) in [6, 6.07) is -0.621. The molecule has 2 aliphatic heterocycles. The molecule has 140 valence electrons. The van der Waals surface area contributed by atoms with E-state index in [0.29, 0.717) is 45.4 Å². The third-order valence-electron chi connectivity index (χ3n) is 4.79. The van der Waals surface area contributed by atoms with Crippen molar-refractivity contribution >= 4 is 26.0 Å². The normalized spacial score (nSPS) is 25.5. The van der Waals surface area contributed by atoms with Crippen molar-refractivity contribution in [1.82, 2.24) is 13.9 Å². The third kappa shape index (κ3) is 5.14. The summed E-state index contributed by atoms with van der Waals surface area (Å²) in [7, 11) is -6.54. The molecule has 2 rings (SSSR count). The summed E-state index contributed by atoms with van der Waals surface area (Å²) in [5.41, 5.74) is 0. The van der Waals surface area contributed by atoms with Crippen LogP contribution in [0.15, 0.2) is 0 Å². The number of piperidine rings is 2. The molecule has 0 spiro atoms. The van der Waals surface area contributed by atoms with Crippen molar-refractivity contribution in [2.24, 2.45) is 5.92 Å². The first-order valence-corrected chi connectivity index (χ1v) is 12.0. The Balaban J connectivity index is 1.85. The topological polar surface area (TPSA) is 104 Å². The molecule has 1 unspecified atom stereocenters. The Kier molecular flexibility index (Phi) is 6.27. The lowest BCUT2D eigenvalue weighted by Gasteiger charge is -2.34. The standard InChI is InChI=1S/C14H27N3O5S2/c1-23(19,20)16-9-6-12(7-10-16)11-15-14(18)13-5-3-4-8-17(13)24(2,21)22/h12-13H,3-11H2,1-2H3,(H,15,18). The number of rotatable bonds is 5. The van der Waals surface area contributed by atoms with Crippen LogP contribution in [0.2, 0.25) is 0 Å². The predicted octanol–water partition coefficient (Wildman–Crippen LogP) is -0.412. The van der Waals surface area contributed by atoms with Gasteiger partial charge in [-0.15, -0.1) is 0 Å². The highest BCUT2D eigenvalue weighted by atomic mass is 32.2. The average molecular weight is 382 g/mol. The van der Waals surface area contributed by atoms with Crippen LogP contribution in [0.25, 0.3) is 0 Å². The van der Waals surface area contributed by atoms with E-state index < -0.39 is 26.1 Å². The fraction of sp³-hybridized carbons (Fsp3) is 0.929. The Morgan fingerprint density at radius 2 is 1.58 bits per heavy atom. The highest BCUT2D eigenvalue weighted by Crippen LogP contribution is 2.21. The van der Waals surface area contributed by atoms with Crippen molar-refractivity contribution in [3.63, 3.8) is 0 Å². The van der Waals surface area contributed by atoms with E-state index in [2.05, 4.69) is 5.32 Å². The van der Waals surface area contributed by atoms with Gasteiger partial charge in [-0.05, 0) is 31.6 Å². The van der Waals surface area contributed by atoms with Crippen LogP contribution >= 0.6 is 0 Å². The minimum absolute atomic E-state index is 0.224. The molecule has 1 N–H and O–H groups in total. The van der Waals surface area contributed by atoms with Crippen LogP contribution in [0.1, 0.15) is 32.1 Å². The van der Waals surface area contributed by atoms with Gasteiger partial charge in [-0.25, -0.2) is 21.1 Å². The van der Waals surface area contributed by atoms with E-state index in [1.807, 2.05) is 0 Å². The Labute approximate surface area is 144 Å². The first-order valence-electron chi connectivity index (χ1n) is 8.28. The maximum atomic E-state index is 12.4. The Morgan fingerprint density at radius 1 is 0.958 bits per heavy atom. The molecule has 1 atom stereocenters. The average Bonchev–Trinajstić information content (AvgIpc) is 2.51. The maximum Gasteiger partial charge on any atom is 0.238 e. The molecule has 0 aliphatic carbocycles. The molecular formula is C14H27N3O5S2. The third-order valence-corrected chi connectivity index (χ3v) is 7.38. The molecule has 0 bridgehead atoms. The monoisotopic (exact) mass is 381 g/mol. The summed E-state index contributed by atoms with van der Waals surface area (Å²) in [4.78, 5) is 12.4. The summed E-state index contributed by atoms with van der Waals surface area (Å²) in [6.45, 7) is 1.80. The highest BCUT2D eigenvalue weighted by Gasteiger charge is 2.34. The Bertz CT molecular complexity index is 654. The van der Waals surface area contributed by atoms with Crippen LogP contribution < -0.4 is 5.32 Å². The van der Waals surface area contributed by atoms with Crippen LogP contribution in [-0.2, 0) is 24.8 Å². The quantitative estimate of drug-likeness (QED) is 0.697. The number of carbonyl (C=O) groups excluding carboxylic acids is 1. The first kappa shape index (κ1) is 19.6. The number of nitrogens with zero attached hydrogens (tertiary/aromatic N) is 2. The Morgan fingerprint density at radius 3 is 2.12 bits per heavy atom. The van der Waals surface area contributed by atoms with Crippen molar-refractivity contribution in [2.75, 3.05) is 38.7 Å². The molecule has 2 aliphatic rings. The molecule has 24 heavy (non-hydrogen) atoms. The lowest BCUT2D eigenvalue weighted by atomic mass is 9.97. The number of sulfonamides is 2. The molecule has 0 radical (unpaired) electrons. The van der Waals surface area contributed by atoms with E-state index in [4.69, 9.17) is 0 Å². The van der Waals surface area contributed by atoms with Gasteiger partial charge in [-0.2, -0.15) is 4.31 Å². The van der Waals surface area contributed by atoms with Crippen LogP contribution in [0.4, 0.5) is 0 Å². The molecule has 10 heteroatoms. The van der Waals surface area contributed by atoms with E-state index >= 15 is 0 Å². The molecule has 8 nitrogen and oxygen atoms in total. The molecule has 1 amide bonds. The van der Waals surface area contributed by atoms with Gasteiger partial charge in [0.15, 0.2) is 0 Å². The van der Waals surface area contributed by atoms with Gasteiger partial charge in [0.2, 0.25) is 26.0 Å². The SMILES string of the molecule is CS(=O)(=O)N1CCC(CNC(=O)C2CCCCN2S(C)(=O)=O)CC1. The molecule has 2 heterocycles. The second-order valence-electron chi connectivity index (χ2n) is 6.74. The predicted molar refractivity (Wildman–Crippen MR) is 91.3 cm³/mol. The zero-order chi connectivity index (χ0) is 18.0. The van der Waals surface area contributed by atoms with E-state index in [1.165, 1.54) is 14.9 Å². The molecule has 0 aromatic carbocycles. The van der Waals surface area contributed by atoms with E-state index in [0.717, 1.165) is 19.1 Å². The number of nitrogens with one attached hydrogen (secondary N) is 1. The van der Waals surface area contributed by atoms with Gasteiger partial charge in [0.25, 0.3) is 0 Å². The van der Waals surface area contributed by atoms with Crippen molar-refractivity contribution in [3.8, 4) is 0 Å². The fourth-order valence-electron chi connectivity index (χ4n) is 3.37. The molecular weight excluding hydrogens is 354 g/mol. The largest absolute Gasteiger partial charge is 0.354 e. The minimum atomic E-state index is -3.39. The number of carbonyl (C=O) groups is 1. The van der Waals surface area contributed by atoms with Crippen molar-refractivity contribution in [2.45, 2.75) is 38.1 Å². The van der Waals surface area contributed by atoms with E-state index in [-0.39, 0.29) is 11.8 Å².